The average molecular weight is 727 g/mol. The first-order valence-electron chi connectivity index (χ1n) is 20.4. The minimum atomic E-state index is -1.59. The van der Waals surface area contributed by atoms with Gasteiger partial charge in [-0.25, -0.2) is 0 Å². The van der Waals surface area contributed by atoms with Crippen LogP contribution in [0.3, 0.4) is 0 Å². The number of hydrogen-bond acceptors (Lipinski definition) is 10. The van der Waals surface area contributed by atoms with E-state index in [0.29, 0.717) is 12.8 Å². The summed E-state index contributed by atoms with van der Waals surface area (Å²) in [5.41, 5.74) is 0. The average Bonchev–Trinajstić information content (AvgIpc) is 3.13. The number of ether oxygens (including phenoxy) is 4. The zero-order valence-corrected chi connectivity index (χ0v) is 32.1. The van der Waals surface area contributed by atoms with Gasteiger partial charge >= 0.3 is 11.9 Å². The summed E-state index contributed by atoms with van der Waals surface area (Å²) in [5.74, 6) is -0.828. The maximum Gasteiger partial charge on any atom is 0.306 e. The Hall–Kier alpha value is -1.82. The second-order valence-electron chi connectivity index (χ2n) is 14.1. The van der Waals surface area contributed by atoms with Gasteiger partial charge in [0.25, 0.3) is 0 Å². The van der Waals surface area contributed by atoms with Crippen molar-refractivity contribution in [2.24, 2.45) is 0 Å². The lowest BCUT2D eigenvalue weighted by Gasteiger charge is -2.39. The molecule has 0 aliphatic carbocycles. The minimum Gasteiger partial charge on any atom is -0.462 e. The van der Waals surface area contributed by atoms with Gasteiger partial charge in [0.05, 0.1) is 13.2 Å². The lowest BCUT2D eigenvalue weighted by atomic mass is 9.99. The smallest absolute Gasteiger partial charge is 0.306 e. The number of hydrogen-bond donors (Lipinski definition) is 4. The normalized spacial score (nSPS) is 21.4. The van der Waals surface area contributed by atoms with Crippen LogP contribution in [-0.4, -0.2) is 89.0 Å². The van der Waals surface area contributed by atoms with Crippen molar-refractivity contribution < 1.29 is 49.0 Å². The van der Waals surface area contributed by atoms with E-state index in [4.69, 9.17) is 18.9 Å². The maximum atomic E-state index is 12.7. The molecule has 0 aromatic heterocycles. The molecule has 1 aliphatic rings. The molecule has 1 rings (SSSR count). The van der Waals surface area contributed by atoms with Crippen molar-refractivity contribution in [3.63, 3.8) is 0 Å². The Morgan fingerprint density at radius 1 is 0.588 bits per heavy atom. The summed E-state index contributed by atoms with van der Waals surface area (Å²) >= 11 is 0. The topological polar surface area (TPSA) is 152 Å². The van der Waals surface area contributed by atoms with E-state index in [9.17, 15) is 30.0 Å². The Labute approximate surface area is 309 Å². The molecular weight excluding hydrogens is 652 g/mol. The van der Waals surface area contributed by atoms with Gasteiger partial charge in [0.1, 0.15) is 31.0 Å². The van der Waals surface area contributed by atoms with E-state index in [0.717, 1.165) is 70.6 Å². The Balaban J connectivity index is 2.37. The van der Waals surface area contributed by atoms with E-state index in [1.54, 1.807) is 0 Å². The van der Waals surface area contributed by atoms with Crippen molar-refractivity contribution in [1.29, 1.82) is 0 Å². The predicted molar refractivity (Wildman–Crippen MR) is 201 cm³/mol. The van der Waals surface area contributed by atoms with Gasteiger partial charge in [-0.1, -0.05) is 122 Å². The van der Waals surface area contributed by atoms with Gasteiger partial charge in [-0.15, -0.1) is 0 Å². The van der Waals surface area contributed by atoms with E-state index < -0.39 is 49.4 Å². The maximum absolute atomic E-state index is 12.7. The van der Waals surface area contributed by atoms with Crippen molar-refractivity contribution in [1.82, 2.24) is 0 Å². The summed E-state index contributed by atoms with van der Waals surface area (Å²) in [6.07, 6.45) is 26.2. The van der Waals surface area contributed by atoms with Crippen LogP contribution >= 0.6 is 0 Å². The van der Waals surface area contributed by atoms with Gasteiger partial charge in [-0.2, -0.15) is 0 Å². The molecule has 1 heterocycles. The number of rotatable bonds is 33. The molecule has 1 aliphatic heterocycles. The number of carbonyl (C=O) groups is 2. The largest absolute Gasteiger partial charge is 0.462 e. The molecule has 0 aromatic rings. The van der Waals surface area contributed by atoms with Crippen LogP contribution in [0.1, 0.15) is 168 Å². The first kappa shape index (κ1) is 47.2. The van der Waals surface area contributed by atoms with Crippen LogP contribution < -0.4 is 0 Å². The summed E-state index contributed by atoms with van der Waals surface area (Å²) in [7, 11) is 0. The SMILES string of the molecule is CCCC/C=C/CCCCCCCC(=O)O[C@@H](COC(=O)CCCCCCC/C=C/CCCCCCCC)CO[C@H]1O[C@@H](CO)[C@@H](O)C(O)C1O. The zero-order chi connectivity index (χ0) is 37.4. The molecule has 0 spiro atoms. The molecule has 1 saturated heterocycles. The van der Waals surface area contributed by atoms with Crippen molar-refractivity contribution in [2.75, 3.05) is 19.8 Å². The number of carbonyl (C=O) groups excluding carboxylic acids is 2. The molecular formula is C41H74O10. The van der Waals surface area contributed by atoms with Gasteiger partial charge in [0.15, 0.2) is 12.4 Å². The minimum absolute atomic E-state index is 0.219. The number of aliphatic hydroxyl groups is 4. The van der Waals surface area contributed by atoms with Crippen LogP contribution in [0.2, 0.25) is 0 Å². The van der Waals surface area contributed by atoms with Gasteiger partial charge in [0.2, 0.25) is 0 Å². The van der Waals surface area contributed by atoms with Crippen LogP contribution in [0.25, 0.3) is 0 Å². The fraction of sp³-hybridized carbons (Fsp3) is 0.854. The van der Waals surface area contributed by atoms with Crippen molar-refractivity contribution in [2.45, 2.75) is 205 Å². The molecule has 4 N–H and O–H groups in total. The van der Waals surface area contributed by atoms with Crippen LogP contribution in [0.15, 0.2) is 24.3 Å². The van der Waals surface area contributed by atoms with Gasteiger partial charge in [-0.05, 0) is 57.8 Å². The monoisotopic (exact) mass is 727 g/mol. The molecule has 298 valence electrons. The summed E-state index contributed by atoms with van der Waals surface area (Å²) in [5, 5.41) is 39.9. The molecule has 2 unspecified atom stereocenters. The lowest BCUT2D eigenvalue weighted by molar-refractivity contribution is -0.305. The molecule has 10 nitrogen and oxygen atoms in total. The Kier molecular flexibility index (Phi) is 30.4. The molecule has 10 heteroatoms. The Morgan fingerprint density at radius 3 is 1.59 bits per heavy atom. The first-order valence-corrected chi connectivity index (χ1v) is 20.4. The number of allylic oxidation sites excluding steroid dienone is 4. The molecule has 0 amide bonds. The summed E-state index contributed by atoms with van der Waals surface area (Å²) < 4.78 is 22.1. The number of aliphatic hydroxyl groups excluding tert-OH is 4. The first-order chi connectivity index (χ1) is 24.8. The van der Waals surface area contributed by atoms with Gasteiger partial charge < -0.3 is 39.4 Å². The van der Waals surface area contributed by atoms with E-state index >= 15 is 0 Å². The Morgan fingerprint density at radius 2 is 1.06 bits per heavy atom. The predicted octanol–water partition coefficient (Wildman–Crippen LogP) is 7.77. The fourth-order valence-corrected chi connectivity index (χ4v) is 5.99. The molecule has 0 radical (unpaired) electrons. The third-order valence-corrected chi connectivity index (χ3v) is 9.31. The standard InChI is InChI=1S/C41H74O10/c1-3-5-7-9-11-13-15-16-17-18-20-21-23-25-27-29-36(43)48-32-34(33-49-41-40(47)39(46)38(45)35(31-42)51-41)50-37(44)30-28-26-24-22-19-14-12-10-8-6-4-2/h10,12,16-17,34-35,38-42,45-47H,3-9,11,13-15,18-33H2,1-2H3/b12-10+,17-16+/t34-,35-,38+,39?,40?,41-/m0/s1. The second-order valence-corrected chi connectivity index (χ2v) is 14.1. The summed E-state index contributed by atoms with van der Waals surface area (Å²) in [6.45, 7) is 3.35. The second kappa shape index (κ2) is 32.8. The van der Waals surface area contributed by atoms with E-state index in [-0.39, 0.29) is 32.0 Å². The van der Waals surface area contributed by atoms with E-state index in [1.165, 1.54) is 57.8 Å². The molecule has 1 fully saturated rings. The van der Waals surface area contributed by atoms with Crippen molar-refractivity contribution in [3.8, 4) is 0 Å². The number of unbranched alkanes of at least 4 members (excludes halogenated alkanes) is 18. The van der Waals surface area contributed by atoms with Crippen molar-refractivity contribution >= 4 is 11.9 Å². The highest BCUT2D eigenvalue weighted by Gasteiger charge is 2.44. The molecule has 6 atom stereocenters. The van der Waals surface area contributed by atoms with Crippen LogP contribution in [0.4, 0.5) is 0 Å². The van der Waals surface area contributed by atoms with Gasteiger partial charge in [-0.3, -0.25) is 9.59 Å². The fourth-order valence-electron chi connectivity index (χ4n) is 5.99. The molecule has 0 bridgehead atoms. The summed E-state index contributed by atoms with van der Waals surface area (Å²) in [6, 6.07) is 0. The molecule has 0 saturated carbocycles. The summed E-state index contributed by atoms with van der Waals surface area (Å²) in [4.78, 5) is 25.2. The molecule has 0 aromatic carbocycles. The van der Waals surface area contributed by atoms with Crippen molar-refractivity contribution in [3.05, 3.63) is 24.3 Å². The third kappa shape index (κ3) is 24.9. The number of esters is 2. The van der Waals surface area contributed by atoms with Crippen LogP contribution in [0.5, 0.6) is 0 Å². The quantitative estimate of drug-likeness (QED) is 0.0300. The van der Waals surface area contributed by atoms with Crippen LogP contribution in [-0.2, 0) is 28.5 Å². The van der Waals surface area contributed by atoms with E-state index in [1.807, 2.05) is 0 Å². The highest BCUT2D eigenvalue weighted by Crippen LogP contribution is 2.22. The Bertz CT molecular complexity index is 892. The highest BCUT2D eigenvalue weighted by atomic mass is 16.7. The zero-order valence-electron chi connectivity index (χ0n) is 32.1. The molecule has 51 heavy (non-hydrogen) atoms. The van der Waals surface area contributed by atoms with Gasteiger partial charge in [0, 0.05) is 12.8 Å². The van der Waals surface area contributed by atoms with Crippen LogP contribution in [0, 0.1) is 0 Å². The lowest BCUT2D eigenvalue weighted by Crippen LogP contribution is -2.59. The van der Waals surface area contributed by atoms with E-state index in [2.05, 4.69) is 38.2 Å². The highest BCUT2D eigenvalue weighted by molar-refractivity contribution is 5.70. The third-order valence-electron chi connectivity index (χ3n) is 9.31.